The van der Waals surface area contributed by atoms with Gasteiger partial charge in [0.05, 0.1) is 35.7 Å². The van der Waals surface area contributed by atoms with Crippen molar-refractivity contribution in [1.29, 1.82) is 0 Å². The highest BCUT2D eigenvalue weighted by atomic mass is 35.5. The second-order valence-corrected chi connectivity index (χ2v) is 9.85. The predicted molar refractivity (Wildman–Crippen MR) is 123 cm³/mol. The van der Waals surface area contributed by atoms with E-state index in [1.54, 1.807) is 0 Å². The van der Waals surface area contributed by atoms with Gasteiger partial charge in [0.25, 0.3) is 5.91 Å². The molecular formula is C22H26ClN3O5S. The maximum atomic E-state index is 13.0. The lowest BCUT2D eigenvalue weighted by Gasteiger charge is -2.30. The van der Waals surface area contributed by atoms with Gasteiger partial charge in [0, 0.05) is 31.8 Å². The number of carbonyl (C=O) groups excluding carboxylic acids is 1. The summed E-state index contributed by atoms with van der Waals surface area (Å²) in [4.78, 5) is 15.0. The lowest BCUT2D eigenvalue weighted by molar-refractivity contribution is 0.102. The minimum atomic E-state index is -3.90. The molecule has 32 heavy (non-hydrogen) atoms. The highest BCUT2D eigenvalue weighted by Gasteiger charge is 2.24. The fourth-order valence-electron chi connectivity index (χ4n) is 3.79. The maximum Gasteiger partial charge on any atom is 0.255 e. The molecule has 2 N–H and O–H groups in total. The van der Waals surface area contributed by atoms with Crippen LogP contribution in [0.1, 0.15) is 23.2 Å². The molecule has 0 saturated carbocycles. The molecule has 2 saturated heterocycles. The Morgan fingerprint density at radius 1 is 1.12 bits per heavy atom. The molecule has 0 radical (unpaired) electrons. The first-order valence-corrected chi connectivity index (χ1v) is 12.4. The number of nitrogens with one attached hydrogen (secondary N) is 2. The Morgan fingerprint density at radius 2 is 1.91 bits per heavy atom. The van der Waals surface area contributed by atoms with E-state index in [4.69, 9.17) is 21.1 Å². The van der Waals surface area contributed by atoms with Gasteiger partial charge in [-0.2, -0.15) is 0 Å². The predicted octanol–water partition coefficient (Wildman–Crippen LogP) is 2.89. The third kappa shape index (κ3) is 5.41. The minimum Gasteiger partial charge on any atom is -0.378 e. The monoisotopic (exact) mass is 479 g/mol. The second-order valence-electron chi connectivity index (χ2n) is 7.70. The number of benzene rings is 2. The molecule has 10 heteroatoms. The highest BCUT2D eigenvalue weighted by Crippen LogP contribution is 2.28. The van der Waals surface area contributed by atoms with Gasteiger partial charge in [0.1, 0.15) is 4.90 Å². The zero-order chi connectivity index (χ0) is 22.6. The smallest absolute Gasteiger partial charge is 0.255 e. The molecule has 2 aliphatic heterocycles. The van der Waals surface area contributed by atoms with Crippen molar-refractivity contribution in [1.82, 2.24) is 4.72 Å². The topological polar surface area (TPSA) is 97.0 Å². The zero-order valence-corrected chi connectivity index (χ0v) is 19.1. The summed E-state index contributed by atoms with van der Waals surface area (Å²) in [7, 11) is -3.90. The number of ether oxygens (including phenoxy) is 2. The van der Waals surface area contributed by atoms with E-state index < -0.39 is 15.9 Å². The summed E-state index contributed by atoms with van der Waals surface area (Å²) in [6, 6.07) is 11.7. The fourth-order valence-corrected chi connectivity index (χ4v) is 5.38. The SMILES string of the molecule is O=C(Nc1ccccc1N1CCOCC1)c1ccc(Cl)c(S(=O)(=O)NCC2CCCO2)c1. The van der Waals surface area contributed by atoms with Gasteiger partial charge in [0.15, 0.2) is 0 Å². The summed E-state index contributed by atoms with van der Waals surface area (Å²) in [6.07, 6.45) is 1.57. The lowest BCUT2D eigenvalue weighted by atomic mass is 10.2. The molecule has 2 aromatic rings. The van der Waals surface area contributed by atoms with Crippen molar-refractivity contribution < 1.29 is 22.7 Å². The Morgan fingerprint density at radius 3 is 2.66 bits per heavy atom. The Balaban J connectivity index is 1.51. The third-order valence-corrected chi connectivity index (χ3v) is 7.42. The van der Waals surface area contributed by atoms with Crippen molar-refractivity contribution in [2.75, 3.05) is 49.7 Å². The highest BCUT2D eigenvalue weighted by molar-refractivity contribution is 7.89. The van der Waals surface area contributed by atoms with E-state index in [9.17, 15) is 13.2 Å². The van der Waals surface area contributed by atoms with Gasteiger partial charge in [-0.3, -0.25) is 4.79 Å². The average molecular weight is 480 g/mol. The van der Waals surface area contributed by atoms with E-state index in [2.05, 4.69) is 14.9 Å². The van der Waals surface area contributed by atoms with Gasteiger partial charge in [-0.25, -0.2) is 13.1 Å². The fraction of sp³-hybridized carbons (Fsp3) is 0.409. The van der Waals surface area contributed by atoms with Crippen LogP contribution >= 0.6 is 11.6 Å². The number of amides is 1. The number of anilines is 2. The molecule has 1 amide bonds. The number of nitrogens with zero attached hydrogens (tertiary/aromatic N) is 1. The standard InChI is InChI=1S/C22H26ClN3O5S/c23-18-8-7-16(14-21(18)32(28,29)24-15-17-4-3-11-31-17)22(27)25-19-5-1-2-6-20(19)26-9-12-30-13-10-26/h1-2,5-8,14,17,24H,3-4,9-13,15H2,(H,25,27). The van der Waals surface area contributed by atoms with Gasteiger partial charge in [-0.15, -0.1) is 0 Å². The van der Waals surface area contributed by atoms with Crippen LogP contribution in [-0.2, 0) is 19.5 Å². The van der Waals surface area contributed by atoms with Crippen LogP contribution in [0.2, 0.25) is 5.02 Å². The van der Waals surface area contributed by atoms with Crippen molar-refractivity contribution in [3.05, 3.63) is 53.1 Å². The van der Waals surface area contributed by atoms with E-state index >= 15 is 0 Å². The molecule has 4 rings (SSSR count). The first kappa shape index (κ1) is 23.0. The summed E-state index contributed by atoms with van der Waals surface area (Å²) in [6.45, 7) is 3.51. The summed E-state index contributed by atoms with van der Waals surface area (Å²) in [5.41, 5.74) is 1.74. The molecule has 0 aromatic heterocycles. The average Bonchev–Trinajstić information content (AvgIpc) is 3.33. The van der Waals surface area contributed by atoms with Crippen molar-refractivity contribution in [3.8, 4) is 0 Å². The number of halogens is 1. The Labute approximate surface area is 192 Å². The van der Waals surface area contributed by atoms with Crippen molar-refractivity contribution in [2.24, 2.45) is 0 Å². The summed E-state index contributed by atoms with van der Waals surface area (Å²) in [5, 5.41) is 2.95. The number of rotatable bonds is 7. The minimum absolute atomic E-state index is 0.0510. The lowest BCUT2D eigenvalue weighted by Crippen LogP contribution is -2.36. The Hall–Kier alpha value is -2.17. The van der Waals surface area contributed by atoms with Gasteiger partial charge in [-0.1, -0.05) is 23.7 Å². The number of para-hydroxylation sites is 2. The first-order chi connectivity index (χ1) is 15.4. The van der Waals surface area contributed by atoms with Crippen molar-refractivity contribution >= 4 is 38.9 Å². The van der Waals surface area contributed by atoms with Crippen LogP contribution in [0.25, 0.3) is 0 Å². The van der Waals surface area contributed by atoms with Crippen LogP contribution < -0.4 is 14.9 Å². The molecule has 0 spiro atoms. The van der Waals surface area contributed by atoms with Crippen LogP contribution in [0.15, 0.2) is 47.4 Å². The maximum absolute atomic E-state index is 13.0. The van der Waals surface area contributed by atoms with E-state index in [-0.39, 0.29) is 28.1 Å². The van der Waals surface area contributed by atoms with Gasteiger partial charge in [-0.05, 0) is 43.2 Å². The number of hydrogen-bond donors (Lipinski definition) is 2. The molecule has 1 unspecified atom stereocenters. The third-order valence-electron chi connectivity index (χ3n) is 5.51. The summed E-state index contributed by atoms with van der Waals surface area (Å²) in [5.74, 6) is -0.419. The zero-order valence-electron chi connectivity index (χ0n) is 17.6. The Bertz CT molecular complexity index is 1070. The molecular weight excluding hydrogens is 454 g/mol. The second kappa shape index (κ2) is 10.2. The van der Waals surface area contributed by atoms with Crippen LogP contribution in [0, 0.1) is 0 Å². The number of morpholine rings is 1. The van der Waals surface area contributed by atoms with Crippen LogP contribution in [-0.4, -0.2) is 59.9 Å². The molecule has 2 aromatic carbocycles. The van der Waals surface area contributed by atoms with Gasteiger partial charge >= 0.3 is 0 Å². The first-order valence-electron chi connectivity index (χ1n) is 10.6. The summed E-state index contributed by atoms with van der Waals surface area (Å²) < 4.78 is 39.0. The van der Waals surface area contributed by atoms with E-state index in [0.717, 1.165) is 31.6 Å². The molecule has 8 nitrogen and oxygen atoms in total. The molecule has 172 valence electrons. The van der Waals surface area contributed by atoms with Gasteiger partial charge in [0.2, 0.25) is 10.0 Å². The molecule has 0 aliphatic carbocycles. The van der Waals surface area contributed by atoms with E-state index in [1.165, 1.54) is 18.2 Å². The number of hydrogen-bond acceptors (Lipinski definition) is 6. The molecule has 2 fully saturated rings. The molecule has 2 aliphatic rings. The van der Waals surface area contributed by atoms with Crippen LogP contribution in [0.3, 0.4) is 0 Å². The molecule has 0 bridgehead atoms. The number of sulfonamides is 1. The quantitative estimate of drug-likeness (QED) is 0.633. The van der Waals surface area contributed by atoms with E-state index in [1.807, 2.05) is 24.3 Å². The molecule has 1 atom stereocenters. The molecule has 2 heterocycles. The largest absolute Gasteiger partial charge is 0.378 e. The van der Waals surface area contributed by atoms with Crippen molar-refractivity contribution in [2.45, 2.75) is 23.8 Å². The van der Waals surface area contributed by atoms with Crippen LogP contribution in [0.5, 0.6) is 0 Å². The Kier molecular flexibility index (Phi) is 7.32. The summed E-state index contributed by atoms with van der Waals surface area (Å²) >= 11 is 6.17. The van der Waals surface area contributed by atoms with E-state index in [0.29, 0.717) is 25.5 Å². The van der Waals surface area contributed by atoms with Gasteiger partial charge < -0.3 is 19.7 Å². The van der Waals surface area contributed by atoms with Crippen LogP contribution in [0.4, 0.5) is 11.4 Å². The number of carbonyl (C=O) groups is 1. The van der Waals surface area contributed by atoms with Crippen molar-refractivity contribution in [3.63, 3.8) is 0 Å². The normalized spacial score (nSPS) is 19.2.